The van der Waals surface area contributed by atoms with Crippen molar-refractivity contribution in [3.05, 3.63) is 54.2 Å². The second-order valence-corrected chi connectivity index (χ2v) is 5.07. The van der Waals surface area contributed by atoms with Crippen LogP contribution in [0.25, 0.3) is 0 Å². The summed E-state index contributed by atoms with van der Waals surface area (Å²) >= 11 is 0. The van der Waals surface area contributed by atoms with Gasteiger partial charge >= 0.3 is 6.03 Å². The number of furan rings is 1. The van der Waals surface area contributed by atoms with Crippen LogP contribution in [0.15, 0.2) is 47.1 Å². The molecule has 0 aliphatic heterocycles. The molecule has 1 heterocycles. The van der Waals surface area contributed by atoms with E-state index in [1.54, 1.807) is 18.4 Å². The Morgan fingerprint density at radius 3 is 2.78 bits per heavy atom. The van der Waals surface area contributed by atoms with Crippen molar-refractivity contribution < 1.29 is 18.4 Å². The second-order valence-electron chi connectivity index (χ2n) is 5.07. The summed E-state index contributed by atoms with van der Waals surface area (Å²) in [5.74, 6) is -0.119. The minimum atomic E-state index is -0.460. The fraction of sp³-hybridized carbons (Fsp3) is 0.250. The van der Waals surface area contributed by atoms with Crippen LogP contribution >= 0.6 is 0 Å². The maximum absolute atomic E-state index is 13.0. The van der Waals surface area contributed by atoms with Crippen molar-refractivity contribution >= 4 is 17.6 Å². The molecule has 0 radical (unpaired) electrons. The van der Waals surface area contributed by atoms with E-state index in [9.17, 15) is 14.0 Å². The molecule has 1 aromatic carbocycles. The first-order valence-electron chi connectivity index (χ1n) is 7.15. The quantitative estimate of drug-likeness (QED) is 0.764. The summed E-state index contributed by atoms with van der Waals surface area (Å²) in [6.45, 7) is 1.62. The number of hydrogen-bond acceptors (Lipinski definition) is 3. The van der Waals surface area contributed by atoms with Gasteiger partial charge in [0.15, 0.2) is 0 Å². The normalized spacial score (nSPS) is 11.6. The first kappa shape index (κ1) is 16.5. The number of hydrogen-bond donors (Lipinski definition) is 3. The third kappa shape index (κ3) is 5.82. The average molecular weight is 319 g/mol. The maximum atomic E-state index is 13.0. The highest BCUT2D eigenvalue weighted by Gasteiger charge is 2.11. The van der Waals surface area contributed by atoms with Crippen LogP contribution in [0.3, 0.4) is 0 Å². The van der Waals surface area contributed by atoms with Crippen LogP contribution in [0, 0.1) is 5.82 Å². The van der Waals surface area contributed by atoms with E-state index in [0.717, 1.165) is 5.76 Å². The fourth-order valence-corrected chi connectivity index (χ4v) is 1.99. The summed E-state index contributed by atoms with van der Waals surface area (Å²) in [5, 5.41) is 7.63. The molecular formula is C16H18FN3O3. The van der Waals surface area contributed by atoms with Crippen LogP contribution in [0.2, 0.25) is 0 Å². The molecular weight excluding hydrogens is 301 g/mol. The standard InChI is InChI=1S/C16H18FN3O3/c1-11(8-14-6-3-7-23-14)19-16(22)18-10-15(21)20-13-5-2-4-12(17)9-13/h2-7,9,11H,8,10H2,1H3,(H,20,21)(H2,18,19,22)/t11-/m1/s1. The SMILES string of the molecule is C[C@H](Cc1ccco1)NC(=O)NCC(=O)Nc1cccc(F)c1. The van der Waals surface area contributed by atoms with Gasteiger partial charge < -0.3 is 20.4 Å². The largest absolute Gasteiger partial charge is 0.469 e. The fourth-order valence-electron chi connectivity index (χ4n) is 1.99. The monoisotopic (exact) mass is 319 g/mol. The molecule has 7 heteroatoms. The van der Waals surface area contributed by atoms with Crippen LogP contribution < -0.4 is 16.0 Å². The highest BCUT2D eigenvalue weighted by molar-refractivity contribution is 5.94. The summed E-state index contributed by atoms with van der Waals surface area (Å²) < 4.78 is 18.2. The molecule has 0 saturated heterocycles. The molecule has 0 unspecified atom stereocenters. The number of carbonyl (C=O) groups is 2. The molecule has 0 bridgehead atoms. The zero-order valence-electron chi connectivity index (χ0n) is 12.6. The average Bonchev–Trinajstić information content (AvgIpc) is 2.98. The highest BCUT2D eigenvalue weighted by atomic mass is 19.1. The third-order valence-electron chi connectivity index (χ3n) is 2.98. The van der Waals surface area contributed by atoms with Gasteiger partial charge in [0, 0.05) is 18.2 Å². The van der Waals surface area contributed by atoms with Gasteiger partial charge in [-0.1, -0.05) is 6.07 Å². The van der Waals surface area contributed by atoms with Gasteiger partial charge in [0.2, 0.25) is 5.91 Å². The number of carbonyl (C=O) groups excluding carboxylic acids is 2. The number of amides is 3. The Kier molecular flexibility index (Phi) is 5.74. The van der Waals surface area contributed by atoms with Crippen molar-refractivity contribution in [3.63, 3.8) is 0 Å². The Morgan fingerprint density at radius 1 is 1.26 bits per heavy atom. The molecule has 3 N–H and O–H groups in total. The lowest BCUT2D eigenvalue weighted by Crippen LogP contribution is -2.44. The maximum Gasteiger partial charge on any atom is 0.315 e. The smallest absolute Gasteiger partial charge is 0.315 e. The Balaban J connectivity index is 1.70. The van der Waals surface area contributed by atoms with E-state index >= 15 is 0 Å². The molecule has 6 nitrogen and oxygen atoms in total. The molecule has 0 aliphatic carbocycles. The summed E-state index contributed by atoms with van der Waals surface area (Å²) in [7, 11) is 0. The third-order valence-corrected chi connectivity index (χ3v) is 2.98. The number of anilines is 1. The number of halogens is 1. The number of benzene rings is 1. The molecule has 2 aromatic rings. The molecule has 2 rings (SSSR count). The number of rotatable bonds is 6. The van der Waals surface area contributed by atoms with Gasteiger partial charge in [-0.2, -0.15) is 0 Å². The van der Waals surface area contributed by atoms with Crippen molar-refractivity contribution in [1.29, 1.82) is 0 Å². The molecule has 0 fully saturated rings. The van der Waals surface area contributed by atoms with Crippen molar-refractivity contribution in [2.24, 2.45) is 0 Å². The zero-order chi connectivity index (χ0) is 16.7. The lowest BCUT2D eigenvalue weighted by Gasteiger charge is -2.13. The van der Waals surface area contributed by atoms with Gasteiger partial charge in [-0.3, -0.25) is 4.79 Å². The molecule has 0 saturated carbocycles. The summed E-state index contributed by atoms with van der Waals surface area (Å²) in [6.07, 6.45) is 2.12. The van der Waals surface area contributed by atoms with Crippen LogP contribution in [0.5, 0.6) is 0 Å². The van der Waals surface area contributed by atoms with Gasteiger partial charge in [0.05, 0.1) is 12.8 Å². The topological polar surface area (TPSA) is 83.4 Å². The summed E-state index contributed by atoms with van der Waals surface area (Å²) in [4.78, 5) is 23.4. The van der Waals surface area contributed by atoms with Crippen LogP contribution in [0.1, 0.15) is 12.7 Å². The number of nitrogens with one attached hydrogen (secondary N) is 3. The molecule has 3 amide bonds. The molecule has 1 aromatic heterocycles. The minimum Gasteiger partial charge on any atom is -0.469 e. The first-order chi connectivity index (χ1) is 11.0. The predicted molar refractivity (Wildman–Crippen MR) is 83.4 cm³/mol. The Bertz CT molecular complexity index is 658. The van der Waals surface area contributed by atoms with E-state index in [2.05, 4.69) is 16.0 Å². The predicted octanol–water partition coefficient (Wildman–Crippen LogP) is 2.29. The Hall–Kier alpha value is -2.83. The molecule has 1 atom stereocenters. The Morgan fingerprint density at radius 2 is 2.09 bits per heavy atom. The van der Waals surface area contributed by atoms with Crippen molar-refractivity contribution in [3.8, 4) is 0 Å². The van der Waals surface area contributed by atoms with E-state index in [-0.39, 0.29) is 12.6 Å². The Labute approximate surface area is 133 Å². The molecule has 122 valence electrons. The number of urea groups is 1. The van der Waals surface area contributed by atoms with E-state index in [1.807, 2.05) is 13.0 Å². The molecule has 0 spiro atoms. The first-order valence-corrected chi connectivity index (χ1v) is 7.15. The van der Waals surface area contributed by atoms with Gasteiger partial charge in [-0.25, -0.2) is 9.18 Å². The highest BCUT2D eigenvalue weighted by Crippen LogP contribution is 2.08. The van der Waals surface area contributed by atoms with E-state index in [0.29, 0.717) is 12.1 Å². The van der Waals surface area contributed by atoms with Gasteiger partial charge in [0.1, 0.15) is 11.6 Å². The van der Waals surface area contributed by atoms with Gasteiger partial charge in [-0.15, -0.1) is 0 Å². The lowest BCUT2D eigenvalue weighted by molar-refractivity contribution is -0.115. The van der Waals surface area contributed by atoms with E-state index < -0.39 is 17.8 Å². The van der Waals surface area contributed by atoms with Crippen molar-refractivity contribution in [2.75, 3.05) is 11.9 Å². The van der Waals surface area contributed by atoms with E-state index in [1.165, 1.54) is 18.2 Å². The zero-order valence-corrected chi connectivity index (χ0v) is 12.6. The minimum absolute atomic E-state index is 0.146. The van der Waals surface area contributed by atoms with Crippen molar-refractivity contribution in [1.82, 2.24) is 10.6 Å². The summed E-state index contributed by atoms with van der Waals surface area (Å²) in [6, 6.07) is 8.52. The lowest BCUT2D eigenvalue weighted by atomic mass is 10.2. The molecule has 23 heavy (non-hydrogen) atoms. The van der Waals surface area contributed by atoms with Crippen LogP contribution in [-0.2, 0) is 11.2 Å². The van der Waals surface area contributed by atoms with E-state index in [4.69, 9.17) is 4.42 Å². The molecule has 0 aliphatic rings. The van der Waals surface area contributed by atoms with Crippen LogP contribution in [0.4, 0.5) is 14.9 Å². The second kappa shape index (κ2) is 7.98. The van der Waals surface area contributed by atoms with Crippen molar-refractivity contribution in [2.45, 2.75) is 19.4 Å². The van der Waals surface area contributed by atoms with Crippen LogP contribution in [-0.4, -0.2) is 24.5 Å². The summed E-state index contributed by atoms with van der Waals surface area (Å²) in [5.41, 5.74) is 0.336. The van der Waals surface area contributed by atoms with Gasteiger partial charge in [0.25, 0.3) is 0 Å². The van der Waals surface area contributed by atoms with Gasteiger partial charge in [-0.05, 0) is 37.3 Å².